The van der Waals surface area contributed by atoms with E-state index in [9.17, 15) is 4.79 Å². The number of anilines is 1. The Kier molecular flexibility index (Phi) is 3.58. The van der Waals surface area contributed by atoms with Crippen molar-refractivity contribution in [1.29, 1.82) is 0 Å². The Morgan fingerprint density at radius 2 is 2.53 bits per heavy atom. The van der Waals surface area contributed by atoms with Crippen LogP contribution in [0.15, 0.2) is 18.3 Å². The zero-order valence-corrected chi connectivity index (χ0v) is 10.0. The molecule has 1 aromatic rings. The lowest BCUT2D eigenvalue weighted by molar-refractivity contribution is 0.0948. The summed E-state index contributed by atoms with van der Waals surface area (Å²) in [5.41, 5.74) is 6.10. The van der Waals surface area contributed by atoms with Crippen LogP contribution in [0.5, 0.6) is 0 Å². The van der Waals surface area contributed by atoms with E-state index in [1.54, 1.807) is 18.3 Å². The quantitative estimate of drug-likeness (QED) is 0.791. The fraction of sp³-hybridized carbons (Fsp3) is 0.500. The van der Waals surface area contributed by atoms with Gasteiger partial charge < -0.3 is 16.0 Å². The van der Waals surface area contributed by atoms with Crippen molar-refractivity contribution in [2.24, 2.45) is 5.92 Å². The van der Waals surface area contributed by atoms with Crippen molar-refractivity contribution >= 4 is 11.7 Å². The van der Waals surface area contributed by atoms with Crippen molar-refractivity contribution < 1.29 is 4.79 Å². The van der Waals surface area contributed by atoms with Crippen molar-refractivity contribution in [3.63, 3.8) is 0 Å². The number of likely N-dealkylation sites (tertiary alicyclic amines) is 1. The molecule has 5 heteroatoms. The molecule has 1 saturated heterocycles. The van der Waals surface area contributed by atoms with E-state index in [1.807, 2.05) is 0 Å². The summed E-state index contributed by atoms with van der Waals surface area (Å²) in [4.78, 5) is 18.0. The molecule has 1 unspecified atom stereocenters. The van der Waals surface area contributed by atoms with Crippen molar-refractivity contribution in [3.05, 3.63) is 23.9 Å². The number of rotatable bonds is 3. The first kappa shape index (κ1) is 11.9. The van der Waals surface area contributed by atoms with Crippen LogP contribution in [-0.4, -0.2) is 42.5 Å². The van der Waals surface area contributed by atoms with Crippen LogP contribution in [0.1, 0.15) is 16.8 Å². The minimum atomic E-state index is -0.134. The molecule has 2 heterocycles. The maximum Gasteiger partial charge on any atom is 0.255 e. The molecule has 1 fully saturated rings. The molecule has 2 rings (SSSR count). The van der Waals surface area contributed by atoms with E-state index >= 15 is 0 Å². The number of nitrogens with zero attached hydrogens (tertiary/aromatic N) is 2. The van der Waals surface area contributed by atoms with Crippen LogP contribution < -0.4 is 11.1 Å². The largest absolute Gasteiger partial charge is 0.383 e. The van der Waals surface area contributed by atoms with Gasteiger partial charge >= 0.3 is 0 Å². The predicted molar refractivity (Wildman–Crippen MR) is 66.6 cm³/mol. The molecule has 0 radical (unpaired) electrons. The number of carbonyl (C=O) groups is 1. The molecular weight excluding hydrogens is 216 g/mol. The van der Waals surface area contributed by atoms with Crippen LogP contribution in [0.25, 0.3) is 0 Å². The number of aromatic nitrogens is 1. The van der Waals surface area contributed by atoms with E-state index in [-0.39, 0.29) is 11.7 Å². The number of hydrogen-bond donors (Lipinski definition) is 2. The van der Waals surface area contributed by atoms with E-state index in [0.717, 1.165) is 19.5 Å². The minimum absolute atomic E-state index is 0.134. The predicted octanol–water partition coefficient (Wildman–Crippen LogP) is 0.345. The molecule has 3 N–H and O–H groups in total. The first-order chi connectivity index (χ1) is 8.16. The minimum Gasteiger partial charge on any atom is -0.383 e. The zero-order valence-electron chi connectivity index (χ0n) is 10.0. The number of nitrogens with two attached hydrogens (primary N) is 1. The fourth-order valence-corrected chi connectivity index (χ4v) is 2.13. The molecule has 92 valence electrons. The van der Waals surface area contributed by atoms with Gasteiger partial charge in [-0.1, -0.05) is 0 Å². The van der Waals surface area contributed by atoms with Crippen LogP contribution in [0, 0.1) is 5.92 Å². The van der Waals surface area contributed by atoms with E-state index in [4.69, 9.17) is 5.73 Å². The van der Waals surface area contributed by atoms with Gasteiger partial charge in [-0.05, 0) is 38.1 Å². The highest BCUT2D eigenvalue weighted by atomic mass is 16.1. The SMILES string of the molecule is CN1CCC(CNC(=O)c2cccnc2N)C1. The Hall–Kier alpha value is -1.62. The highest BCUT2D eigenvalue weighted by Crippen LogP contribution is 2.13. The van der Waals surface area contributed by atoms with E-state index in [1.165, 1.54) is 0 Å². The Morgan fingerprint density at radius 1 is 1.71 bits per heavy atom. The lowest BCUT2D eigenvalue weighted by atomic mass is 10.1. The molecule has 0 saturated carbocycles. The molecule has 0 aliphatic carbocycles. The summed E-state index contributed by atoms with van der Waals surface area (Å²) in [6.45, 7) is 2.86. The monoisotopic (exact) mass is 234 g/mol. The molecule has 0 aromatic carbocycles. The third kappa shape index (κ3) is 2.94. The number of nitrogens with one attached hydrogen (secondary N) is 1. The highest BCUT2D eigenvalue weighted by Gasteiger charge is 2.20. The standard InChI is InChI=1S/C12H18N4O/c1-16-6-4-9(8-16)7-15-12(17)10-3-2-5-14-11(10)13/h2-3,5,9H,4,6-8H2,1H3,(H2,13,14)(H,15,17). The molecule has 5 nitrogen and oxygen atoms in total. The second kappa shape index (κ2) is 5.14. The smallest absolute Gasteiger partial charge is 0.255 e. The average molecular weight is 234 g/mol. The normalized spacial score (nSPS) is 20.4. The number of hydrogen-bond acceptors (Lipinski definition) is 4. The topological polar surface area (TPSA) is 71.2 Å². The van der Waals surface area contributed by atoms with E-state index in [0.29, 0.717) is 18.0 Å². The van der Waals surface area contributed by atoms with Crippen LogP contribution in [0.2, 0.25) is 0 Å². The second-order valence-electron chi connectivity index (χ2n) is 4.56. The summed E-state index contributed by atoms with van der Waals surface area (Å²) in [6, 6.07) is 3.41. The van der Waals surface area contributed by atoms with Crippen LogP contribution >= 0.6 is 0 Å². The van der Waals surface area contributed by atoms with Crippen molar-refractivity contribution in [2.45, 2.75) is 6.42 Å². The Bertz CT molecular complexity index is 407. The van der Waals surface area contributed by atoms with Gasteiger partial charge in [-0.2, -0.15) is 0 Å². The molecule has 0 bridgehead atoms. The van der Waals surface area contributed by atoms with Gasteiger partial charge in [0.15, 0.2) is 0 Å². The van der Waals surface area contributed by atoms with Crippen molar-refractivity contribution in [1.82, 2.24) is 15.2 Å². The molecule has 1 aliphatic rings. The highest BCUT2D eigenvalue weighted by molar-refractivity contribution is 5.98. The van der Waals surface area contributed by atoms with E-state index in [2.05, 4.69) is 22.2 Å². The summed E-state index contributed by atoms with van der Waals surface area (Å²) < 4.78 is 0. The van der Waals surface area contributed by atoms with Gasteiger partial charge in [0.05, 0.1) is 5.56 Å². The Balaban J connectivity index is 1.88. The maximum absolute atomic E-state index is 11.9. The molecule has 1 atom stereocenters. The third-order valence-corrected chi connectivity index (χ3v) is 3.12. The second-order valence-corrected chi connectivity index (χ2v) is 4.56. The van der Waals surface area contributed by atoms with Gasteiger partial charge in [0.2, 0.25) is 0 Å². The van der Waals surface area contributed by atoms with Crippen molar-refractivity contribution in [3.8, 4) is 0 Å². The van der Waals surface area contributed by atoms with Gasteiger partial charge in [0.1, 0.15) is 5.82 Å². The summed E-state index contributed by atoms with van der Waals surface area (Å²) in [7, 11) is 2.10. The Labute approximate surface area is 101 Å². The number of carbonyl (C=O) groups excluding carboxylic acids is 1. The van der Waals surface area contributed by atoms with Crippen LogP contribution in [0.4, 0.5) is 5.82 Å². The Morgan fingerprint density at radius 3 is 3.18 bits per heavy atom. The summed E-state index contributed by atoms with van der Waals surface area (Å²) in [5, 5.41) is 2.92. The average Bonchev–Trinajstić information content (AvgIpc) is 2.73. The maximum atomic E-state index is 11.9. The van der Waals surface area contributed by atoms with Crippen molar-refractivity contribution in [2.75, 3.05) is 32.4 Å². The number of amides is 1. The van der Waals surface area contributed by atoms with Gasteiger partial charge in [0.25, 0.3) is 5.91 Å². The first-order valence-electron chi connectivity index (χ1n) is 5.84. The van der Waals surface area contributed by atoms with E-state index < -0.39 is 0 Å². The lowest BCUT2D eigenvalue weighted by Gasteiger charge is -2.12. The number of nitrogen functional groups attached to an aromatic ring is 1. The van der Waals surface area contributed by atoms with Crippen LogP contribution in [0.3, 0.4) is 0 Å². The summed E-state index contributed by atoms with van der Waals surface area (Å²) in [6.07, 6.45) is 2.72. The van der Waals surface area contributed by atoms with Gasteiger partial charge in [-0.15, -0.1) is 0 Å². The summed E-state index contributed by atoms with van der Waals surface area (Å²) >= 11 is 0. The number of pyridine rings is 1. The van der Waals surface area contributed by atoms with Gasteiger partial charge in [-0.3, -0.25) is 4.79 Å². The molecule has 17 heavy (non-hydrogen) atoms. The third-order valence-electron chi connectivity index (χ3n) is 3.12. The summed E-state index contributed by atoms with van der Waals surface area (Å²) in [5.74, 6) is 0.695. The fourth-order valence-electron chi connectivity index (χ4n) is 2.13. The molecule has 1 aromatic heterocycles. The zero-order chi connectivity index (χ0) is 12.3. The molecule has 1 amide bonds. The lowest BCUT2D eigenvalue weighted by Crippen LogP contribution is -2.31. The first-order valence-corrected chi connectivity index (χ1v) is 5.84. The van der Waals surface area contributed by atoms with Gasteiger partial charge in [-0.25, -0.2) is 4.98 Å². The van der Waals surface area contributed by atoms with Gasteiger partial charge in [0, 0.05) is 19.3 Å². The van der Waals surface area contributed by atoms with Crippen LogP contribution in [-0.2, 0) is 0 Å². The molecule has 1 aliphatic heterocycles. The molecular formula is C12H18N4O. The molecule has 0 spiro atoms.